The monoisotopic (exact) mass is 408 g/mol. The number of anilines is 1. The lowest BCUT2D eigenvalue weighted by Gasteiger charge is -2.62. The van der Waals surface area contributed by atoms with Crippen LogP contribution in [0, 0.1) is 0 Å². The number of hydrogen-bond donors (Lipinski definition) is 0. The molecular formula is C17H29F3N4P2. The highest BCUT2D eigenvalue weighted by Crippen LogP contribution is 2.79. The van der Waals surface area contributed by atoms with Crippen molar-refractivity contribution in [3.63, 3.8) is 0 Å². The summed E-state index contributed by atoms with van der Waals surface area (Å²) in [4.78, 5) is 0. The van der Waals surface area contributed by atoms with E-state index >= 15 is 0 Å². The summed E-state index contributed by atoms with van der Waals surface area (Å²) in [5.74, 6) is 0. The van der Waals surface area contributed by atoms with Gasteiger partial charge in [0, 0.05) is 32.7 Å². The Morgan fingerprint density at radius 3 is 1.69 bits per heavy atom. The summed E-state index contributed by atoms with van der Waals surface area (Å²) >= 11 is 0. The normalized spacial score (nSPS) is 21.5. The summed E-state index contributed by atoms with van der Waals surface area (Å²) in [6.07, 6.45) is -4.35. The molecular weight excluding hydrogens is 379 g/mol. The third kappa shape index (κ3) is 4.02. The van der Waals surface area contributed by atoms with Crippen molar-refractivity contribution < 1.29 is 13.2 Å². The molecule has 148 valence electrons. The molecule has 1 aliphatic rings. The fourth-order valence-electron chi connectivity index (χ4n) is 3.13. The topological polar surface area (TPSA) is 13.0 Å². The fourth-order valence-corrected chi connectivity index (χ4v) is 9.88. The maximum Gasteiger partial charge on any atom is 0.418 e. The van der Waals surface area contributed by atoms with Crippen molar-refractivity contribution in [3.05, 3.63) is 29.8 Å². The second-order valence-electron chi connectivity index (χ2n) is 5.81. The lowest BCUT2D eigenvalue weighted by atomic mass is 10.2. The smallest absolute Gasteiger partial charge is 0.277 e. The molecule has 1 aromatic rings. The molecule has 9 heteroatoms. The van der Waals surface area contributed by atoms with E-state index in [0.717, 1.165) is 32.7 Å². The number of hydrogen-bond acceptors (Lipinski definition) is 4. The zero-order valence-electron chi connectivity index (χ0n) is 16.2. The zero-order valence-corrected chi connectivity index (χ0v) is 18.0. The van der Waals surface area contributed by atoms with Gasteiger partial charge in [-0.3, -0.25) is 13.8 Å². The third-order valence-corrected chi connectivity index (χ3v) is 11.0. The molecule has 0 aromatic heterocycles. The molecule has 1 aliphatic heterocycles. The van der Waals surface area contributed by atoms with Crippen LogP contribution in [0.3, 0.4) is 0 Å². The minimum absolute atomic E-state index is 0.320. The van der Waals surface area contributed by atoms with Crippen molar-refractivity contribution in [1.29, 1.82) is 0 Å². The molecule has 1 fully saturated rings. The van der Waals surface area contributed by atoms with Crippen LogP contribution in [-0.4, -0.2) is 46.5 Å². The van der Waals surface area contributed by atoms with Gasteiger partial charge in [-0.25, -0.2) is 0 Å². The van der Waals surface area contributed by atoms with Gasteiger partial charge in [0.25, 0.3) is 0 Å². The summed E-state index contributed by atoms with van der Waals surface area (Å²) in [5.41, 5.74) is -0.212. The lowest BCUT2D eigenvalue weighted by Crippen LogP contribution is -2.49. The predicted molar refractivity (Wildman–Crippen MR) is 106 cm³/mol. The van der Waals surface area contributed by atoms with Crippen LogP contribution in [0.2, 0.25) is 0 Å². The first-order chi connectivity index (χ1) is 12.3. The van der Waals surface area contributed by atoms with Crippen LogP contribution in [0.25, 0.3) is 0 Å². The van der Waals surface area contributed by atoms with Crippen LogP contribution in [0.1, 0.15) is 40.2 Å². The van der Waals surface area contributed by atoms with E-state index in [4.69, 9.17) is 0 Å². The van der Waals surface area contributed by atoms with Gasteiger partial charge in [-0.2, -0.15) is 17.6 Å². The summed E-state index contributed by atoms with van der Waals surface area (Å²) in [7, 11) is -1.85. The van der Waals surface area contributed by atoms with Gasteiger partial charge in [0.05, 0.1) is 11.3 Å². The molecule has 4 nitrogen and oxygen atoms in total. The Bertz CT molecular complexity index is 559. The van der Waals surface area contributed by atoms with E-state index in [1.807, 2.05) is 0 Å². The fraction of sp³-hybridized carbons (Fsp3) is 0.647. The Hall–Kier alpha value is -0.450. The molecule has 26 heavy (non-hydrogen) atoms. The molecule has 2 unspecified atom stereocenters. The van der Waals surface area contributed by atoms with Crippen molar-refractivity contribution >= 4 is 22.4 Å². The van der Waals surface area contributed by atoms with Gasteiger partial charge in [-0.05, 0) is 12.1 Å². The molecule has 0 aliphatic carbocycles. The maximum atomic E-state index is 13.7. The van der Waals surface area contributed by atoms with E-state index in [0.29, 0.717) is 5.69 Å². The first kappa shape index (κ1) is 21.8. The summed E-state index contributed by atoms with van der Waals surface area (Å²) in [5, 5.41) is 0. The summed E-state index contributed by atoms with van der Waals surface area (Å²) in [6, 6.07) is 6.02. The Balaban J connectivity index is 2.55. The van der Waals surface area contributed by atoms with E-state index in [1.54, 1.807) is 12.1 Å². The second kappa shape index (κ2) is 9.16. The van der Waals surface area contributed by atoms with Gasteiger partial charge in [-0.1, -0.05) is 46.8 Å². The van der Waals surface area contributed by atoms with Crippen molar-refractivity contribution in [1.82, 2.24) is 13.8 Å². The number of para-hydroxylation sites is 1. The summed E-state index contributed by atoms with van der Waals surface area (Å²) < 4.78 is 50.1. The molecule has 0 radical (unpaired) electrons. The maximum absolute atomic E-state index is 13.7. The van der Waals surface area contributed by atoms with Crippen molar-refractivity contribution in [2.45, 2.75) is 40.8 Å². The molecule has 1 aromatic carbocycles. The molecule has 2 atom stereocenters. The van der Waals surface area contributed by atoms with E-state index in [2.05, 4.69) is 52.8 Å². The average Bonchev–Trinajstić information content (AvgIpc) is 2.61. The van der Waals surface area contributed by atoms with Crippen LogP contribution < -0.4 is 4.44 Å². The Kier molecular flexibility index (Phi) is 7.70. The molecule has 0 saturated carbocycles. The number of benzene rings is 1. The Morgan fingerprint density at radius 1 is 0.846 bits per heavy atom. The molecule has 1 saturated heterocycles. The molecule has 2 rings (SSSR count). The predicted octanol–water partition coefficient (Wildman–Crippen LogP) is 5.98. The largest absolute Gasteiger partial charge is 0.418 e. The highest BCUT2D eigenvalue weighted by molar-refractivity contribution is 7.86. The van der Waals surface area contributed by atoms with Crippen LogP contribution in [0.15, 0.2) is 24.3 Å². The molecule has 0 spiro atoms. The number of nitrogens with zero attached hydrogens (tertiary/aromatic N) is 4. The van der Waals surface area contributed by atoms with Crippen LogP contribution in [0.4, 0.5) is 18.9 Å². The first-order valence-electron chi connectivity index (χ1n) is 9.18. The lowest BCUT2D eigenvalue weighted by molar-refractivity contribution is -0.137. The van der Waals surface area contributed by atoms with Gasteiger partial charge in [-0.15, -0.1) is 0 Å². The van der Waals surface area contributed by atoms with Crippen LogP contribution >= 0.6 is 16.7 Å². The number of alkyl halides is 3. The van der Waals surface area contributed by atoms with E-state index < -0.39 is 28.5 Å². The van der Waals surface area contributed by atoms with E-state index in [-0.39, 0.29) is 0 Å². The van der Waals surface area contributed by atoms with Crippen LogP contribution in [-0.2, 0) is 6.18 Å². The van der Waals surface area contributed by atoms with E-state index in [9.17, 15) is 13.2 Å². The first-order valence-corrected chi connectivity index (χ1v) is 11.6. The SMILES string of the molecule is CCN(CC)P1N(CC)P(N(CC)CC)N1c1ccccc1C(F)(F)F. The highest BCUT2D eigenvalue weighted by Gasteiger charge is 2.53. The van der Waals surface area contributed by atoms with Crippen molar-refractivity contribution in [3.8, 4) is 0 Å². The van der Waals surface area contributed by atoms with Gasteiger partial charge >= 0.3 is 6.18 Å². The number of halogens is 3. The minimum Gasteiger partial charge on any atom is -0.277 e. The van der Waals surface area contributed by atoms with Gasteiger partial charge < -0.3 is 0 Å². The molecule has 1 heterocycles. The third-order valence-electron chi connectivity index (χ3n) is 4.43. The van der Waals surface area contributed by atoms with E-state index in [1.165, 1.54) is 12.1 Å². The minimum atomic E-state index is -4.35. The van der Waals surface area contributed by atoms with Gasteiger partial charge in [0.15, 0.2) is 16.7 Å². The van der Waals surface area contributed by atoms with Gasteiger partial charge in [0.1, 0.15) is 0 Å². The second-order valence-corrected chi connectivity index (χ2v) is 10.4. The quantitative estimate of drug-likeness (QED) is 0.490. The average molecular weight is 408 g/mol. The molecule has 0 amide bonds. The highest BCUT2D eigenvalue weighted by atomic mass is 31.3. The van der Waals surface area contributed by atoms with Gasteiger partial charge in [0.2, 0.25) is 0 Å². The Morgan fingerprint density at radius 2 is 1.31 bits per heavy atom. The summed E-state index contributed by atoms with van der Waals surface area (Å²) in [6.45, 7) is 14.5. The molecule has 0 bridgehead atoms. The van der Waals surface area contributed by atoms with Crippen LogP contribution in [0.5, 0.6) is 0 Å². The van der Waals surface area contributed by atoms with Crippen molar-refractivity contribution in [2.24, 2.45) is 0 Å². The van der Waals surface area contributed by atoms with Crippen molar-refractivity contribution in [2.75, 3.05) is 37.2 Å². The molecule has 0 N–H and O–H groups in total. The number of rotatable bonds is 8. The zero-order chi connectivity index (χ0) is 19.5. The Labute approximate surface area is 157 Å². The standard InChI is InChI=1S/C17H29F3N4P2/c1-6-21(7-2)25-23(10-5)26(22(8-3)9-4)24(25)16-14-12-11-13-15(16)17(18,19)20/h11-14H,6-10H2,1-5H3.